The number of nitrogens with zero attached hydrogens (tertiary/aromatic N) is 3. The van der Waals surface area contributed by atoms with Crippen LogP contribution < -0.4 is 0 Å². The summed E-state index contributed by atoms with van der Waals surface area (Å²) in [6.45, 7) is -4.34. The predicted molar refractivity (Wildman–Crippen MR) is 196 cm³/mol. The molecule has 0 unspecified atom stereocenters. The number of fused-ring (bicyclic) bond motifs is 2. The Balaban J connectivity index is 0.000000197. The Kier molecular flexibility index (Phi) is 7.49. The van der Waals surface area contributed by atoms with Gasteiger partial charge in [0.2, 0.25) is 0 Å². The molecular weight excluding hydrogens is 795 g/mol. The van der Waals surface area contributed by atoms with Gasteiger partial charge in [0, 0.05) is 57.6 Å². The van der Waals surface area contributed by atoms with E-state index >= 15 is 0 Å². The van der Waals surface area contributed by atoms with Crippen LogP contribution >= 0.6 is 0 Å². The molecule has 50 heavy (non-hydrogen) atoms. The maximum absolute atomic E-state index is 7.28. The maximum atomic E-state index is 7.28. The Bertz CT molecular complexity index is 2650. The van der Waals surface area contributed by atoms with Crippen LogP contribution in [-0.4, -0.2) is 14.5 Å². The Morgan fingerprint density at radius 1 is 0.720 bits per heavy atom. The molecule has 0 fully saturated rings. The minimum atomic E-state index is -2.18. The van der Waals surface area contributed by atoms with Crippen molar-refractivity contribution in [3.8, 4) is 50.8 Å². The number of aromatic nitrogens is 3. The van der Waals surface area contributed by atoms with Crippen molar-refractivity contribution in [1.29, 1.82) is 0 Å². The van der Waals surface area contributed by atoms with Crippen LogP contribution in [0.15, 0.2) is 161 Å². The zero-order chi connectivity index (χ0) is 38.2. The molecule has 9 rings (SSSR count). The molecule has 0 spiro atoms. The van der Waals surface area contributed by atoms with Crippen LogP contribution in [0.3, 0.4) is 0 Å². The summed E-state index contributed by atoms with van der Waals surface area (Å²) in [6.07, 6.45) is 6.10. The van der Waals surface area contributed by atoms with Crippen LogP contribution in [0.5, 0.6) is 0 Å². The first-order valence-electron chi connectivity index (χ1n) is 18.6. The summed E-state index contributed by atoms with van der Waals surface area (Å²) in [5.74, 6) is 1.60. The van der Waals surface area contributed by atoms with Crippen molar-refractivity contribution in [3.05, 3.63) is 175 Å². The van der Waals surface area contributed by atoms with E-state index in [0.717, 1.165) is 50.4 Å². The number of pyridine rings is 1. The molecular formula is C44H31IrN3O2-2. The summed E-state index contributed by atoms with van der Waals surface area (Å²) in [6, 6.07) is 47.4. The summed E-state index contributed by atoms with van der Waals surface area (Å²) >= 11 is 0. The first-order chi connectivity index (χ1) is 26.5. The van der Waals surface area contributed by atoms with Crippen molar-refractivity contribution < 1.29 is 37.2 Å². The summed E-state index contributed by atoms with van der Waals surface area (Å²) in [7, 11) is 0. The summed E-state index contributed by atoms with van der Waals surface area (Å²) < 4.78 is 57.3. The summed E-state index contributed by atoms with van der Waals surface area (Å²) in [5.41, 5.74) is 9.43. The number of hydrogen-bond donors (Lipinski definition) is 0. The first kappa shape index (κ1) is 26.1. The molecule has 0 aliphatic rings. The number of hydrogen-bond acceptors (Lipinski definition) is 4. The average molecular weight is 832 g/mol. The molecule has 0 bridgehead atoms. The van der Waals surface area contributed by atoms with Crippen molar-refractivity contribution in [1.82, 2.24) is 14.5 Å². The largest absolute Gasteiger partial charge is 0.557 e. The van der Waals surface area contributed by atoms with Crippen LogP contribution in [0.2, 0.25) is 0 Å². The van der Waals surface area contributed by atoms with Crippen LogP contribution in [0.4, 0.5) is 0 Å². The standard InChI is InChI=1S/C31H19N2O2.C13H12N.Ir/c1-2-7-21(8-3-1)22-12-15-24(16-13-22)33-28-10-5-4-9-27(28)32-31(33)26-20-35-30-17-14-23(19-25(26)30)29-11-6-18-34-29;1-10-3-6-12(7-4-10)13-8-5-11(2)9-14-13;/h1-19H;3-6,8-9H,1-2H3;/q2*-1;/i;1D3,2D3;. The van der Waals surface area contributed by atoms with E-state index in [9.17, 15) is 0 Å². The van der Waals surface area contributed by atoms with E-state index in [2.05, 4.69) is 82.5 Å². The van der Waals surface area contributed by atoms with Gasteiger partial charge >= 0.3 is 0 Å². The summed E-state index contributed by atoms with van der Waals surface area (Å²) in [4.78, 5) is 9.08. The molecule has 245 valence electrons. The number of furan rings is 2. The van der Waals surface area contributed by atoms with Crippen molar-refractivity contribution in [2.45, 2.75) is 13.7 Å². The molecule has 9 aromatic rings. The van der Waals surface area contributed by atoms with Crippen LogP contribution in [0.1, 0.15) is 19.4 Å². The topological polar surface area (TPSA) is 57.0 Å². The van der Waals surface area contributed by atoms with Crippen molar-refractivity contribution in [2.75, 3.05) is 0 Å². The molecule has 6 heteroatoms. The Hall–Kier alpha value is -5.81. The van der Waals surface area contributed by atoms with E-state index < -0.39 is 13.7 Å². The average Bonchev–Trinajstić information content (AvgIpc) is 3.97. The molecule has 4 aromatic heterocycles. The maximum Gasteiger partial charge on any atom is 0.133 e. The van der Waals surface area contributed by atoms with Gasteiger partial charge in [0.15, 0.2) is 0 Å². The van der Waals surface area contributed by atoms with Gasteiger partial charge in [0.25, 0.3) is 0 Å². The second-order valence-electron chi connectivity index (χ2n) is 11.4. The van der Waals surface area contributed by atoms with Gasteiger partial charge in [-0.25, -0.2) is 0 Å². The fourth-order valence-electron chi connectivity index (χ4n) is 5.76. The minimum Gasteiger partial charge on any atom is -0.557 e. The molecule has 0 aliphatic heterocycles. The Morgan fingerprint density at radius 3 is 2.24 bits per heavy atom. The van der Waals surface area contributed by atoms with Gasteiger partial charge in [0.05, 0.1) is 23.1 Å². The quantitative estimate of drug-likeness (QED) is 0.162. The van der Waals surface area contributed by atoms with Gasteiger partial charge in [-0.15, -0.1) is 35.4 Å². The molecule has 5 nitrogen and oxygen atoms in total. The van der Waals surface area contributed by atoms with Crippen molar-refractivity contribution in [2.24, 2.45) is 0 Å². The molecule has 0 atom stereocenters. The third kappa shape index (κ3) is 6.59. The number of imidazole rings is 1. The van der Waals surface area contributed by atoms with Crippen molar-refractivity contribution >= 4 is 22.0 Å². The molecule has 0 saturated heterocycles. The second kappa shape index (κ2) is 14.4. The molecule has 0 amide bonds. The van der Waals surface area contributed by atoms with Gasteiger partial charge in [-0.1, -0.05) is 103 Å². The first-order valence-corrected chi connectivity index (χ1v) is 15.6. The van der Waals surface area contributed by atoms with Crippen molar-refractivity contribution in [3.63, 3.8) is 0 Å². The molecule has 0 N–H and O–H groups in total. The monoisotopic (exact) mass is 832 g/mol. The van der Waals surface area contributed by atoms with Gasteiger partial charge in [0.1, 0.15) is 5.76 Å². The fourth-order valence-corrected chi connectivity index (χ4v) is 5.76. The van der Waals surface area contributed by atoms with E-state index in [1.807, 2.05) is 48.5 Å². The van der Waals surface area contributed by atoms with E-state index in [1.165, 1.54) is 35.5 Å². The third-order valence-electron chi connectivity index (χ3n) is 8.19. The normalized spacial score (nSPS) is 13.1. The van der Waals surface area contributed by atoms with E-state index in [0.29, 0.717) is 11.3 Å². The van der Waals surface area contributed by atoms with Gasteiger partial charge in [-0.3, -0.25) is 4.98 Å². The molecule has 1 radical (unpaired) electrons. The van der Waals surface area contributed by atoms with E-state index in [4.69, 9.17) is 22.0 Å². The number of para-hydroxylation sites is 2. The summed E-state index contributed by atoms with van der Waals surface area (Å²) in [5, 5.41) is 0.941. The Morgan fingerprint density at radius 2 is 1.50 bits per heavy atom. The second-order valence-corrected chi connectivity index (χ2v) is 11.4. The predicted octanol–water partition coefficient (Wildman–Crippen LogP) is 11.3. The van der Waals surface area contributed by atoms with Crippen LogP contribution in [0, 0.1) is 26.0 Å². The molecule has 0 saturated carbocycles. The molecule has 0 aliphatic carbocycles. The zero-order valence-corrected chi connectivity index (χ0v) is 28.8. The smallest absolute Gasteiger partial charge is 0.133 e. The fraction of sp³-hybridized carbons (Fsp3) is 0.0455. The third-order valence-corrected chi connectivity index (χ3v) is 8.19. The Labute approximate surface area is 312 Å². The van der Waals surface area contributed by atoms with Crippen LogP contribution in [0.25, 0.3) is 72.8 Å². The van der Waals surface area contributed by atoms with Crippen LogP contribution in [-0.2, 0) is 20.1 Å². The molecule has 5 aromatic carbocycles. The minimum absolute atomic E-state index is 0. The molecule has 4 heterocycles. The van der Waals surface area contributed by atoms with E-state index in [-0.39, 0.29) is 31.2 Å². The number of benzene rings is 5. The van der Waals surface area contributed by atoms with E-state index in [1.54, 1.807) is 18.4 Å². The van der Waals surface area contributed by atoms with Gasteiger partial charge in [-0.2, -0.15) is 0 Å². The van der Waals surface area contributed by atoms with Gasteiger partial charge < -0.3 is 18.4 Å². The zero-order valence-electron chi connectivity index (χ0n) is 32.4. The van der Waals surface area contributed by atoms with Gasteiger partial charge in [-0.05, 0) is 65.6 Å². The SMILES string of the molecule is [2H]C([2H])([2H])c1c[c-]c(-c2ccc(C([2H])([2H])[2H])cn2)cc1.[Ir].[c-]1oc2ccc(-c3ccco3)cc2c1-c1nc2ccccc2n1-c1ccc(-c2ccccc2)cc1. The number of rotatable bonds is 5. The number of aryl methyl sites for hydroxylation is 2.